The Morgan fingerprint density at radius 1 is 1.00 bits per heavy atom. The Morgan fingerprint density at radius 2 is 1.72 bits per heavy atom. The van der Waals surface area contributed by atoms with Crippen molar-refractivity contribution in [3.63, 3.8) is 0 Å². The summed E-state index contributed by atoms with van der Waals surface area (Å²) in [5.74, 6) is 0. The lowest BCUT2D eigenvalue weighted by atomic mass is 10.1. The molecule has 2 rings (SSSR count). The molecule has 18 heavy (non-hydrogen) atoms. The second-order valence-electron chi connectivity index (χ2n) is 4.15. The molecule has 0 spiro atoms. The van der Waals surface area contributed by atoms with Gasteiger partial charge in [-0.05, 0) is 25.0 Å². The van der Waals surface area contributed by atoms with E-state index in [9.17, 15) is 0 Å². The Kier molecular flexibility index (Phi) is 4.59. The lowest BCUT2D eigenvalue weighted by Gasteiger charge is -2.08. The number of pyridine rings is 1. The Balaban J connectivity index is 1.84. The van der Waals surface area contributed by atoms with Gasteiger partial charge < -0.3 is 10.6 Å². The highest BCUT2D eigenvalue weighted by Crippen LogP contribution is 2.12. The van der Waals surface area contributed by atoms with E-state index in [1.807, 2.05) is 18.5 Å². The molecule has 94 valence electrons. The van der Waals surface area contributed by atoms with E-state index in [0.29, 0.717) is 0 Å². The molecular weight excluding hydrogens is 222 g/mol. The number of aromatic nitrogens is 1. The van der Waals surface area contributed by atoms with Crippen molar-refractivity contribution in [1.29, 1.82) is 0 Å². The average Bonchev–Trinajstić information content (AvgIpc) is 2.41. The third-order valence-electron chi connectivity index (χ3n) is 2.70. The molecule has 0 radical (unpaired) electrons. The summed E-state index contributed by atoms with van der Waals surface area (Å²) < 4.78 is 0. The molecule has 0 atom stereocenters. The van der Waals surface area contributed by atoms with Crippen LogP contribution >= 0.6 is 0 Å². The molecule has 2 N–H and O–H groups in total. The van der Waals surface area contributed by atoms with Gasteiger partial charge in [-0.25, -0.2) is 0 Å². The molecule has 1 aromatic carbocycles. The Labute approximate surface area is 108 Å². The smallest absolute Gasteiger partial charge is 0.0547 e. The van der Waals surface area contributed by atoms with Crippen LogP contribution in [0, 0.1) is 0 Å². The monoisotopic (exact) mass is 241 g/mol. The number of hydrogen-bond donors (Lipinski definition) is 2. The first-order chi connectivity index (χ1) is 8.88. The summed E-state index contributed by atoms with van der Waals surface area (Å²) in [4.78, 5) is 4.20. The van der Waals surface area contributed by atoms with E-state index in [0.717, 1.165) is 30.9 Å². The third kappa shape index (κ3) is 3.77. The molecule has 0 aliphatic rings. The Bertz CT molecular complexity index is 468. The van der Waals surface area contributed by atoms with Crippen molar-refractivity contribution in [3.8, 4) is 0 Å². The summed E-state index contributed by atoms with van der Waals surface area (Å²) in [6.45, 7) is 3.91. The second kappa shape index (κ2) is 6.64. The van der Waals surface area contributed by atoms with Crippen molar-refractivity contribution >= 4 is 11.4 Å². The molecule has 1 heterocycles. The van der Waals surface area contributed by atoms with Gasteiger partial charge in [-0.15, -0.1) is 0 Å². The van der Waals surface area contributed by atoms with E-state index in [1.54, 1.807) is 0 Å². The van der Waals surface area contributed by atoms with Gasteiger partial charge in [-0.1, -0.05) is 30.3 Å². The van der Waals surface area contributed by atoms with Gasteiger partial charge in [-0.3, -0.25) is 4.98 Å². The van der Waals surface area contributed by atoms with Crippen LogP contribution in [-0.2, 0) is 6.42 Å². The Hall–Kier alpha value is -2.03. The molecule has 0 aliphatic heterocycles. The minimum Gasteiger partial charge on any atom is -0.384 e. The average molecular weight is 241 g/mol. The van der Waals surface area contributed by atoms with E-state index >= 15 is 0 Å². The number of nitrogens with one attached hydrogen (secondary N) is 2. The van der Waals surface area contributed by atoms with Crippen molar-refractivity contribution in [2.75, 3.05) is 23.7 Å². The van der Waals surface area contributed by atoms with E-state index in [1.165, 1.54) is 5.56 Å². The highest BCUT2D eigenvalue weighted by Gasteiger charge is 1.96. The maximum absolute atomic E-state index is 4.20. The van der Waals surface area contributed by atoms with Crippen molar-refractivity contribution < 1.29 is 0 Å². The summed E-state index contributed by atoms with van der Waals surface area (Å²) in [6, 6.07) is 12.6. The predicted octanol–water partition coefficient (Wildman–Crippen LogP) is 3.17. The van der Waals surface area contributed by atoms with Crippen LogP contribution in [0.3, 0.4) is 0 Å². The molecule has 2 aromatic rings. The largest absolute Gasteiger partial charge is 0.384 e. The van der Waals surface area contributed by atoms with Crippen LogP contribution in [0.4, 0.5) is 11.4 Å². The molecular formula is C15H19N3. The van der Waals surface area contributed by atoms with E-state index < -0.39 is 0 Å². The maximum atomic E-state index is 4.20. The predicted molar refractivity (Wildman–Crippen MR) is 77.0 cm³/mol. The van der Waals surface area contributed by atoms with Gasteiger partial charge in [0.1, 0.15) is 0 Å². The molecule has 0 amide bonds. The summed E-state index contributed by atoms with van der Waals surface area (Å²) in [5.41, 5.74) is 3.47. The molecule has 0 fully saturated rings. The molecule has 1 aromatic heterocycles. The first-order valence-electron chi connectivity index (χ1n) is 6.35. The molecule has 3 heteroatoms. The zero-order chi connectivity index (χ0) is 12.6. The molecule has 0 bridgehead atoms. The fourth-order valence-electron chi connectivity index (χ4n) is 1.83. The first kappa shape index (κ1) is 12.4. The van der Waals surface area contributed by atoms with Gasteiger partial charge in [0.15, 0.2) is 0 Å². The third-order valence-corrected chi connectivity index (χ3v) is 2.70. The van der Waals surface area contributed by atoms with Crippen LogP contribution in [0.15, 0.2) is 48.8 Å². The minimum absolute atomic E-state index is 0.912. The summed E-state index contributed by atoms with van der Waals surface area (Å²) in [6.07, 6.45) is 4.71. The highest BCUT2D eigenvalue weighted by molar-refractivity contribution is 5.53. The summed E-state index contributed by atoms with van der Waals surface area (Å²) >= 11 is 0. The first-order valence-corrected chi connectivity index (χ1v) is 6.35. The number of rotatable bonds is 6. The Morgan fingerprint density at radius 3 is 2.44 bits per heavy atom. The van der Waals surface area contributed by atoms with Crippen molar-refractivity contribution in [2.45, 2.75) is 13.3 Å². The van der Waals surface area contributed by atoms with Crippen molar-refractivity contribution in [1.82, 2.24) is 4.98 Å². The van der Waals surface area contributed by atoms with E-state index in [2.05, 4.69) is 52.9 Å². The van der Waals surface area contributed by atoms with Crippen LogP contribution in [0.5, 0.6) is 0 Å². The van der Waals surface area contributed by atoms with Crippen LogP contribution in [-0.4, -0.2) is 18.1 Å². The number of nitrogens with zero attached hydrogens (tertiary/aromatic N) is 1. The fourth-order valence-corrected chi connectivity index (χ4v) is 1.83. The topological polar surface area (TPSA) is 37.0 Å². The van der Waals surface area contributed by atoms with Gasteiger partial charge in [0.2, 0.25) is 0 Å². The normalized spacial score (nSPS) is 10.1. The quantitative estimate of drug-likeness (QED) is 0.815. The maximum Gasteiger partial charge on any atom is 0.0547 e. The van der Waals surface area contributed by atoms with Crippen LogP contribution < -0.4 is 10.6 Å². The van der Waals surface area contributed by atoms with Crippen LogP contribution in [0.2, 0.25) is 0 Å². The summed E-state index contributed by atoms with van der Waals surface area (Å²) in [5, 5.41) is 6.64. The number of anilines is 2. The van der Waals surface area contributed by atoms with E-state index in [-0.39, 0.29) is 0 Å². The zero-order valence-corrected chi connectivity index (χ0v) is 10.7. The molecule has 0 unspecified atom stereocenters. The van der Waals surface area contributed by atoms with Gasteiger partial charge >= 0.3 is 0 Å². The fraction of sp³-hybridized carbons (Fsp3) is 0.267. The number of hydrogen-bond acceptors (Lipinski definition) is 3. The highest BCUT2D eigenvalue weighted by atomic mass is 14.9. The molecule has 0 saturated heterocycles. The lowest BCUT2D eigenvalue weighted by Crippen LogP contribution is -2.06. The lowest BCUT2D eigenvalue weighted by molar-refractivity contribution is 1.02. The van der Waals surface area contributed by atoms with Gasteiger partial charge in [0, 0.05) is 13.1 Å². The molecule has 3 nitrogen and oxygen atoms in total. The summed E-state index contributed by atoms with van der Waals surface area (Å²) in [7, 11) is 0. The van der Waals surface area contributed by atoms with E-state index in [4.69, 9.17) is 0 Å². The SMILES string of the molecule is CCNc1cncc(NCCc2ccccc2)c1. The zero-order valence-electron chi connectivity index (χ0n) is 10.7. The van der Waals surface area contributed by atoms with Gasteiger partial charge in [0.05, 0.1) is 23.8 Å². The van der Waals surface area contributed by atoms with Crippen LogP contribution in [0.1, 0.15) is 12.5 Å². The van der Waals surface area contributed by atoms with Gasteiger partial charge in [-0.2, -0.15) is 0 Å². The molecule has 0 saturated carbocycles. The molecule has 0 aliphatic carbocycles. The second-order valence-corrected chi connectivity index (χ2v) is 4.15. The van der Waals surface area contributed by atoms with Gasteiger partial charge in [0.25, 0.3) is 0 Å². The number of benzene rings is 1. The minimum atomic E-state index is 0.912. The van der Waals surface area contributed by atoms with Crippen LogP contribution in [0.25, 0.3) is 0 Å². The van der Waals surface area contributed by atoms with Crippen molar-refractivity contribution in [3.05, 3.63) is 54.4 Å². The van der Waals surface area contributed by atoms with Crippen molar-refractivity contribution in [2.24, 2.45) is 0 Å². The standard InChI is InChI=1S/C15H19N3/c1-2-17-14-10-15(12-16-11-14)18-9-8-13-6-4-3-5-7-13/h3-7,10-12,17-18H,2,8-9H2,1H3.